The molecule has 1 saturated heterocycles. The number of furan rings is 1. The molecular formula is C12H17N3O3. The zero-order chi connectivity index (χ0) is 13.3. The molecule has 6 nitrogen and oxygen atoms in total. The molecule has 2 heterocycles. The third-order valence-electron chi connectivity index (χ3n) is 3.17. The Morgan fingerprint density at radius 2 is 2.28 bits per heavy atom. The molecule has 1 fully saturated rings. The maximum atomic E-state index is 12.3. The fourth-order valence-electron chi connectivity index (χ4n) is 1.99. The maximum Gasteiger partial charge on any atom is 0.290 e. The molecule has 6 heteroatoms. The number of hydrogen-bond acceptors (Lipinski definition) is 4. The van der Waals surface area contributed by atoms with Crippen LogP contribution < -0.4 is 11.1 Å². The molecule has 3 N–H and O–H groups in total. The fourth-order valence-corrected chi connectivity index (χ4v) is 1.99. The van der Waals surface area contributed by atoms with Gasteiger partial charge < -0.3 is 20.4 Å². The Morgan fingerprint density at radius 1 is 1.56 bits per heavy atom. The summed E-state index contributed by atoms with van der Waals surface area (Å²) in [6.45, 7) is 4.60. The van der Waals surface area contributed by atoms with Crippen molar-refractivity contribution in [3.8, 4) is 0 Å². The molecule has 0 saturated carbocycles. The third-order valence-corrected chi connectivity index (χ3v) is 3.17. The van der Waals surface area contributed by atoms with Gasteiger partial charge in [0.1, 0.15) is 11.3 Å². The predicted octanol–water partition coefficient (Wildman–Crippen LogP) is 0.0889. The van der Waals surface area contributed by atoms with Crippen LogP contribution in [0.2, 0.25) is 0 Å². The second-order valence-electron chi connectivity index (χ2n) is 4.74. The van der Waals surface area contributed by atoms with E-state index in [1.807, 2.05) is 0 Å². The molecule has 98 valence electrons. The Labute approximate surface area is 105 Å². The summed E-state index contributed by atoms with van der Waals surface area (Å²) in [6.07, 6.45) is 0. The molecule has 1 aliphatic heterocycles. The number of amides is 2. The van der Waals surface area contributed by atoms with E-state index in [1.54, 1.807) is 26.0 Å². The number of hydrogen-bond donors (Lipinski definition) is 2. The number of nitrogens with one attached hydrogen (secondary N) is 1. The third kappa shape index (κ3) is 1.99. The lowest BCUT2D eigenvalue weighted by atomic mass is 9.98. The van der Waals surface area contributed by atoms with Crippen LogP contribution in [0.25, 0.3) is 0 Å². The number of nitrogens with zero attached hydrogens (tertiary/aromatic N) is 1. The average Bonchev–Trinajstić information content (AvgIpc) is 2.80. The van der Waals surface area contributed by atoms with E-state index in [1.165, 1.54) is 4.90 Å². The van der Waals surface area contributed by atoms with Crippen molar-refractivity contribution in [3.05, 3.63) is 23.7 Å². The van der Waals surface area contributed by atoms with Crippen molar-refractivity contribution in [2.45, 2.75) is 25.9 Å². The molecule has 1 aromatic heterocycles. The smallest absolute Gasteiger partial charge is 0.290 e. The van der Waals surface area contributed by atoms with Gasteiger partial charge in [0.05, 0.1) is 6.54 Å². The van der Waals surface area contributed by atoms with Crippen LogP contribution in [0.4, 0.5) is 0 Å². The number of rotatable bonds is 2. The number of piperazine rings is 1. The van der Waals surface area contributed by atoms with Crippen LogP contribution in [0.3, 0.4) is 0 Å². The standard InChI is InChI=1S/C12H17N3O3/c1-12(2)11(17)14-5-6-15(12)10(16)9-4-3-8(7-13)18-9/h3-4H,5-7,13H2,1-2H3,(H,14,17). The van der Waals surface area contributed by atoms with Crippen molar-refractivity contribution in [2.75, 3.05) is 13.1 Å². The van der Waals surface area contributed by atoms with E-state index < -0.39 is 5.54 Å². The molecule has 0 atom stereocenters. The molecule has 0 aliphatic carbocycles. The van der Waals surface area contributed by atoms with Crippen molar-refractivity contribution >= 4 is 11.8 Å². The molecule has 1 aliphatic rings. The minimum absolute atomic E-state index is 0.160. The summed E-state index contributed by atoms with van der Waals surface area (Å²) >= 11 is 0. The van der Waals surface area contributed by atoms with Gasteiger partial charge in [0.15, 0.2) is 5.76 Å². The van der Waals surface area contributed by atoms with Crippen LogP contribution in [0.15, 0.2) is 16.5 Å². The van der Waals surface area contributed by atoms with E-state index in [-0.39, 0.29) is 24.1 Å². The number of carbonyl (C=O) groups excluding carboxylic acids is 2. The highest BCUT2D eigenvalue weighted by molar-refractivity contribution is 5.98. The second kappa shape index (κ2) is 4.45. The lowest BCUT2D eigenvalue weighted by Crippen LogP contribution is -2.63. The normalized spacial score (nSPS) is 18.6. The molecule has 2 rings (SSSR count). The summed E-state index contributed by atoms with van der Waals surface area (Å²) in [5.41, 5.74) is 4.56. The first-order chi connectivity index (χ1) is 8.46. The van der Waals surface area contributed by atoms with Gasteiger partial charge in [-0.15, -0.1) is 0 Å². The van der Waals surface area contributed by atoms with Gasteiger partial charge in [0, 0.05) is 13.1 Å². The van der Waals surface area contributed by atoms with Crippen LogP contribution in [-0.2, 0) is 11.3 Å². The van der Waals surface area contributed by atoms with Gasteiger partial charge in [-0.3, -0.25) is 9.59 Å². The second-order valence-corrected chi connectivity index (χ2v) is 4.74. The fraction of sp³-hybridized carbons (Fsp3) is 0.500. The maximum absolute atomic E-state index is 12.3. The Balaban J connectivity index is 2.24. The summed E-state index contributed by atoms with van der Waals surface area (Å²) in [7, 11) is 0. The molecular weight excluding hydrogens is 234 g/mol. The summed E-state index contributed by atoms with van der Waals surface area (Å²) in [5, 5.41) is 2.74. The number of carbonyl (C=O) groups is 2. The van der Waals surface area contributed by atoms with Crippen LogP contribution >= 0.6 is 0 Å². The minimum Gasteiger partial charge on any atom is -0.455 e. The van der Waals surface area contributed by atoms with Crippen LogP contribution in [-0.4, -0.2) is 35.3 Å². The predicted molar refractivity (Wildman–Crippen MR) is 64.7 cm³/mol. The van der Waals surface area contributed by atoms with E-state index in [0.29, 0.717) is 18.8 Å². The highest BCUT2D eigenvalue weighted by Gasteiger charge is 2.41. The molecule has 0 bridgehead atoms. The van der Waals surface area contributed by atoms with Crippen molar-refractivity contribution in [2.24, 2.45) is 5.73 Å². The lowest BCUT2D eigenvalue weighted by Gasteiger charge is -2.40. The van der Waals surface area contributed by atoms with Crippen LogP contribution in [0.5, 0.6) is 0 Å². The first-order valence-electron chi connectivity index (χ1n) is 5.86. The van der Waals surface area contributed by atoms with Crippen molar-refractivity contribution < 1.29 is 14.0 Å². The van der Waals surface area contributed by atoms with Crippen molar-refractivity contribution in [1.29, 1.82) is 0 Å². The monoisotopic (exact) mass is 251 g/mol. The van der Waals surface area contributed by atoms with Gasteiger partial charge in [-0.2, -0.15) is 0 Å². The average molecular weight is 251 g/mol. The SMILES string of the molecule is CC1(C)C(=O)NCCN1C(=O)c1ccc(CN)o1. The molecule has 2 amide bonds. The van der Waals surface area contributed by atoms with Crippen LogP contribution in [0.1, 0.15) is 30.2 Å². The van der Waals surface area contributed by atoms with Gasteiger partial charge in [-0.25, -0.2) is 0 Å². The summed E-state index contributed by atoms with van der Waals surface area (Å²) in [6, 6.07) is 3.26. The van der Waals surface area contributed by atoms with Gasteiger partial charge in [0.25, 0.3) is 5.91 Å². The van der Waals surface area contributed by atoms with Gasteiger partial charge >= 0.3 is 0 Å². The Hall–Kier alpha value is -1.82. The zero-order valence-electron chi connectivity index (χ0n) is 10.5. The molecule has 0 aromatic carbocycles. The topological polar surface area (TPSA) is 88.6 Å². The lowest BCUT2D eigenvalue weighted by molar-refractivity contribution is -0.133. The minimum atomic E-state index is -0.870. The molecule has 18 heavy (non-hydrogen) atoms. The summed E-state index contributed by atoms with van der Waals surface area (Å²) in [4.78, 5) is 25.6. The Kier molecular flexibility index (Phi) is 3.13. The molecule has 0 radical (unpaired) electrons. The Bertz CT molecular complexity index is 479. The quantitative estimate of drug-likeness (QED) is 0.779. The molecule has 0 unspecified atom stereocenters. The summed E-state index contributed by atoms with van der Waals surface area (Å²) < 4.78 is 5.33. The van der Waals surface area contributed by atoms with E-state index in [0.717, 1.165) is 0 Å². The molecule has 0 spiro atoms. The van der Waals surface area contributed by atoms with E-state index in [4.69, 9.17) is 10.2 Å². The molecule has 1 aromatic rings. The Morgan fingerprint density at radius 3 is 2.89 bits per heavy atom. The van der Waals surface area contributed by atoms with Crippen LogP contribution in [0, 0.1) is 0 Å². The van der Waals surface area contributed by atoms with Gasteiger partial charge in [-0.05, 0) is 26.0 Å². The zero-order valence-corrected chi connectivity index (χ0v) is 10.5. The van der Waals surface area contributed by atoms with E-state index >= 15 is 0 Å². The van der Waals surface area contributed by atoms with Gasteiger partial charge in [0.2, 0.25) is 5.91 Å². The summed E-state index contributed by atoms with van der Waals surface area (Å²) in [5.74, 6) is 0.332. The van der Waals surface area contributed by atoms with Crippen molar-refractivity contribution in [3.63, 3.8) is 0 Å². The number of nitrogens with two attached hydrogens (primary N) is 1. The van der Waals surface area contributed by atoms with E-state index in [2.05, 4.69) is 5.32 Å². The highest BCUT2D eigenvalue weighted by atomic mass is 16.4. The highest BCUT2D eigenvalue weighted by Crippen LogP contribution is 2.21. The van der Waals surface area contributed by atoms with Gasteiger partial charge in [-0.1, -0.05) is 0 Å². The first-order valence-corrected chi connectivity index (χ1v) is 5.86. The van der Waals surface area contributed by atoms with E-state index in [9.17, 15) is 9.59 Å². The van der Waals surface area contributed by atoms with Crippen molar-refractivity contribution in [1.82, 2.24) is 10.2 Å². The largest absolute Gasteiger partial charge is 0.455 e. The first kappa shape index (κ1) is 12.6.